The number of nitrogens with zero attached hydrogens (tertiary/aromatic N) is 1. The van der Waals surface area contributed by atoms with Crippen molar-refractivity contribution in [2.75, 3.05) is 0 Å². The maximum absolute atomic E-state index is 12.6. The van der Waals surface area contributed by atoms with Gasteiger partial charge in [-0.2, -0.15) is 5.01 Å². The fraction of sp³-hybridized carbons (Fsp3) is 0.0526. The van der Waals surface area contributed by atoms with Gasteiger partial charge in [-0.3, -0.25) is 19.8 Å². The number of nitrogens with one attached hydrogen (secondary N) is 1. The average Bonchev–Trinajstić information content (AvgIpc) is 2.90. The van der Waals surface area contributed by atoms with Crippen molar-refractivity contribution in [3.63, 3.8) is 0 Å². The fourth-order valence-corrected chi connectivity index (χ4v) is 3.56. The van der Waals surface area contributed by atoms with Gasteiger partial charge in [0.1, 0.15) is 6.29 Å². The van der Waals surface area contributed by atoms with Crippen LogP contribution in [0.25, 0.3) is 6.08 Å². The van der Waals surface area contributed by atoms with Gasteiger partial charge in [-0.25, -0.2) is 0 Å². The third kappa shape index (κ3) is 3.74. The van der Waals surface area contributed by atoms with Gasteiger partial charge in [0, 0.05) is 11.1 Å². The SMILES string of the molecule is Cc1ccccc1C(=O)NN1C(=O)C(=Cc2ccc(C=O)cc2)SC1=S. The molecule has 1 aliphatic heterocycles. The van der Waals surface area contributed by atoms with Crippen LogP contribution in [0, 0.1) is 6.92 Å². The molecule has 26 heavy (non-hydrogen) atoms. The van der Waals surface area contributed by atoms with E-state index in [0.717, 1.165) is 34.2 Å². The highest BCUT2D eigenvalue weighted by molar-refractivity contribution is 8.26. The lowest BCUT2D eigenvalue weighted by atomic mass is 10.1. The summed E-state index contributed by atoms with van der Waals surface area (Å²) in [6, 6.07) is 13.9. The summed E-state index contributed by atoms with van der Waals surface area (Å²) in [4.78, 5) is 36.1. The van der Waals surface area contributed by atoms with Gasteiger partial charge in [0.2, 0.25) is 0 Å². The van der Waals surface area contributed by atoms with Crippen LogP contribution in [0.15, 0.2) is 53.4 Å². The number of carbonyl (C=O) groups is 3. The van der Waals surface area contributed by atoms with E-state index < -0.39 is 5.91 Å². The number of thiocarbonyl (C=S) groups is 1. The Morgan fingerprint density at radius 2 is 1.77 bits per heavy atom. The Kier molecular flexibility index (Phi) is 5.29. The van der Waals surface area contributed by atoms with Crippen LogP contribution in [0.1, 0.15) is 31.8 Å². The molecule has 1 N–H and O–H groups in total. The zero-order valence-corrected chi connectivity index (χ0v) is 15.4. The first-order valence-corrected chi connectivity index (χ1v) is 8.92. The zero-order valence-electron chi connectivity index (χ0n) is 13.8. The Morgan fingerprint density at radius 1 is 1.12 bits per heavy atom. The lowest BCUT2D eigenvalue weighted by molar-refractivity contribution is -0.123. The van der Waals surface area contributed by atoms with E-state index in [1.165, 1.54) is 0 Å². The smallest absolute Gasteiger partial charge is 0.285 e. The van der Waals surface area contributed by atoms with Crippen LogP contribution in [-0.4, -0.2) is 27.4 Å². The molecule has 0 aromatic heterocycles. The number of amides is 2. The molecule has 0 saturated carbocycles. The molecule has 2 aromatic rings. The summed E-state index contributed by atoms with van der Waals surface area (Å²) >= 11 is 6.33. The first-order valence-electron chi connectivity index (χ1n) is 7.69. The Balaban J connectivity index is 1.78. The minimum Gasteiger partial charge on any atom is -0.298 e. The van der Waals surface area contributed by atoms with Crippen LogP contribution in [-0.2, 0) is 4.79 Å². The summed E-state index contributed by atoms with van der Waals surface area (Å²) in [6.07, 6.45) is 2.43. The van der Waals surface area contributed by atoms with Gasteiger partial charge in [-0.1, -0.05) is 54.2 Å². The minimum absolute atomic E-state index is 0.257. The van der Waals surface area contributed by atoms with E-state index in [-0.39, 0.29) is 10.2 Å². The van der Waals surface area contributed by atoms with E-state index in [9.17, 15) is 14.4 Å². The molecule has 5 nitrogen and oxygen atoms in total. The number of hydrogen-bond donors (Lipinski definition) is 1. The quantitative estimate of drug-likeness (QED) is 0.499. The molecule has 0 radical (unpaired) electrons. The van der Waals surface area contributed by atoms with E-state index >= 15 is 0 Å². The first-order chi connectivity index (χ1) is 12.5. The van der Waals surface area contributed by atoms with E-state index in [1.807, 2.05) is 19.1 Å². The molecule has 0 bridgehead atoms. The predicted molar refractivity (Wildman–Crippen MR) is 105 cm³/mol. The van der Waals surface area contributed by atoms with Crippen LogP contribution < -0.4 is 5.43 Å². The summed E-state index contributed by atoms with van der Waals surface area (Å²) in [5.41, 5.74) is 5.17. The Hall–Kier alpha value is -2.77. The van der Waals surface area contributed by atoms with Crippen molar-refractivity contribution in [2.45, 2.75) is 6.92 Å². The van der Waals surface area contributed by atoms with Gasteiger partial charge in [-0.15, -0.1) is 0 Å². The Morgan fingerprint density at radius 3 is 2.42 bits per heavy atom. The second kappa shape index (κ2) is 7.63. The van der Waals surface area contributed by atoms with E-state index in [2.05, 4.69) is 5.43 Å². The highest BCUT2D eigenvalue weighted by atomic mass is 32.2. The van der Waals surface area contributed by atoms with Gasteiger partial charge >= 0.3 is 0 Å². The third-order valence-electron chi connectivity index (χ3n) is 3.77. The number of benzene rings is 2. The molecule has 2 amide bonds. The second-order valence-corrected chi connectivity index (χ2v) is 7.23. The van der Waals surface area contributed by atoms with Crippen molar-refractivity contribution in [2.24, 2.45) is 0 Å². The standard InChI is InChI=1S/C19H14N2O3S2/c1-12-4-2-3-5-15(12)17(23)20-21-18(24)16(26-19(21)25)10-13-6-8-14(11-22)9-7-13/h2-11H,1H3,(H,20,23). The molecule has 2 aromatic carbocycles. The molecule has 0 atom stereocenters. The number of hydrazine groups is 1. The topological polar surface area (TPSA) is 66.5 Å². The van der Waals surface area contributed by atoms with Gasteiger partial charge in [-0.05, 0) is 42.4 Å². The van der Waals surface area contributed by atoms with Crippen molar-refractivity contribution < 1.29 is 14.4 Å². The molecule has 1 aliphatic rings. The van der Waals surface area contributed by atoms with Crippen LogP contribution in [0.3, 0.4) is 0 Å². The number of aryl methyl sites for hydroxylation is 1. The highest BCUT2D eigenvalue weighted by Crippen LogP contribution is 2.31. The number of hydrogen-bond acceptors (Lipinski definition) is 5. The van der Waals surface area contributed by atoms with Crippen molar-refractivity contribution in [3.8, 4) is 0 Å². The van der Waals surface area contributed by atoms with Crippen LogP contribution in [0.4, 0.5) is 0 Å². The van der Waals surface area contributed by atoms with Gasteiger partial charge < -0.3 is 0 Å². The summed E-state index contributed by atoms with van der Waals surface area (Å²) < 4.78 is 0.257. The zero-order chi connectivity index (χ0) is 18.7. The van der Waals surface area contributed by atoms with E-state index in [0.29, 0.717) is 16.0 Å². The maximum Gasteiger partial charge on any atom is 0.285 e. The van der Waals surface area contributed by atoms with Gasteiger partial charge in [0.05, 0.1) is 4.91 Å². The average molecular weight is 382 g/mol. The Bertz CT molecular complexity index is 936. The molecule has 1 fully saturated rings. The second-order valence-electron chi connectivity index (χ2n) is 5.56. The fourth-order valence-electron chi connectivity index (χ4n) is 2.38. The molecular weight excluding hydrogens is 368 g/mol. The monoisotopic (exact) mass is 382 g/mol. The van der Waals surface area contributed by atoms with E-state index in [4.69, 9.17) is 12.2 Å². The molecule has 0 spiro atoms. The maximum atomic E-state index is 12.6. The van der Waals surface area contributed by atoms with Crippen LogP contribution in [0.5, 0.6) is 0 Å². The molecule has 0 unspecified atom stereocenters. The van der Waals surface area contributed by atoms with Gasteiger partial charge in [0.15, 0.2) is 4.32 Å². The molecular formula is C19H14N2O3S2. The molecule has 1 heterocycles. The largest absolute Gasteiger partial charge is 0.298 e. The molecule has 130 valence electrons. The summed E-state index contributed by atoms with van der Waals surface area (Å²) in [7, 11) is 0. The van der Waals surface area contributed by atoms with Crippen molar-refractivity contribution in [1.82, 2.24) is 10.4 Å². The number of rotatable bonds is 4. The van der Waals surface area contributed by atoms with Crippen LogP contribution >= 0.6 is 24.0 Å². The van der Waals surface area contributed by atoms with Crippen LogP contribution in [0.2, 0.25) is 0 Å². The lowest BCUT2D eigenvalue weighted by Gasteiger charge is -2.16. The first kappa shape index (κ1) is 18.0. The summed E-state index contributed by atoms with van der Waals surface area (Å²) in [5.74, 6) is -0.780. The normalized spacial score (nSPS) is 15.4. The van der Waals surface area contributed by atoms with Crippen molar-refractivity contribution in [3.05, 3.63) is 75.7 Å². The summed E-state index contributed by atoms with van der Waals surface area (Å²) in [6.45, 7) is 1.82. The molecule has 7 heteroatoms. The third-order valence-corrected chi connectivity index (χ3v) is 5.07. The van der Waals surface area contributed by atoms with Crippen molar-refractivity contribution in [1.29, 1.82) is 0 Å². The van der Waals surface area contributed by atoms with Gasteiger partial charge in [0.25, 0.3) is 11.8 Å². The summed E-state index contributed by atoms with van der Waals surface area (Å²) in [5, 5.41) is 1.08. The molecule has 1 saturated heterocycles. The molecule has 3 rings (SSSR count). The number of carbonyl (C=O) groups excluding carboxylic acids is 3. The Labute approximate surface area is 160 Å². The number of thioether (sulfide) groups is 1. The van der Waals surface area contributed by atoms with Crippen molar-refractivity contribution >= 4 is 52.5 Å². The van der Waals surface area contributed by atoms with E-state index in [1.54, 1.807) is 42.5 Å². The lowest BCUT2D eigenvalue weighted by Crippen LogP contribution is -2.45. The highest BCUT2D eigenvalue weighted by Gasteiger charge is 2.33. The minimum atomic E-state index is -0.393. The molecule has 0 aliphatic carbocycles. The number of aldehydes is 1. The predicted octanol–water partition coefficient (Wildman–Crippen LogP) is 3.35.